The lowest BCUT2D eigenvalue weighted by Gasteiger charge is -2.72. The first kappa shape index (κ1) is 39.0. The minimum Gasteiger partial charge on any atom is -0.479 e. The third kappa shape index (κ3) is 5.34. The van der Waals surface area contributed by atoms with Crippen molar-refractivity contribution >= 4 is 11.9 Å². The Labute approximate surface area is 300 Å². The summed E-state index contributed by atoms with van der Waals surface area (Å²) in [6.45, 7) is 13.5. The summed E-state index contributed by atoms with van der Waals surface area (Å²) in [7, 11) is 0. The van der Waals surface area contributed by atoms with Crippen molar-refractivity contribution in [1.82, 2.24) is 0 Å². The number of aliphatic carboxylic acids is 1. The van der Waals surface area contributed by atoms with Crippen LogP contribution in [-0.4, -0.2) is 121 Å². The predicted molar refractivity (Wildman–Crippen MR) is 180 cm³/mol. The average Bonchev–Trinajstić information content (AvgIpc) is 3.04. The van der Waals surface area contributed by atoms with Crippen LogP contribution in [0.3, 0.4) is 0 Å². The highest BCUT2D eigenvalue weighted by Gasteiger charge is 2.73. The molecule has 6 rings (SSSR count). The highest BCUT2D eigenvalue weighted by atomic mass is 16.7. The zero-order chi connectivity index (χ0) is 37.9. The summed E-state index contributed by atoms with van der Waals surface area (Å²) in [6, 6.07) is 0. The molecule has 0 radical (unpaired) electrons. The van der Waals surface area contributed by atoms with E-state index < -0.39 is 88.7 Å². The molecule has 13 heteroatoms. The van der Waals surface area contributed by atoms with Crippen molar-refractivity contribution in [2.24, 2.45) is 50.2 Å². The van der Waals surface area contributed by atoms with E-state index in [2.05, 4.69) is 26.8 Å². The molecule has 5 fully saturated rings. The maximum Gasteiger partial charge on any atom is 0.335 e. The Bertz CT molecular complexity index is 1420. The van der Waals surface area contributed by atoms with Gasteiger partial charge in [-0.05, 0) is 84.4 Å². The van der Waals surface area contributed by atoms with Crippen LogP contribution in [0.15, 0.2) is 11.6 Å². The van der Waals surface area contributed by atoms with E-state index in [1.807, 2.05) is 20.8 Å². The van der Waals surface area contributed by atoms with E-state index in [1.54, 1.807) is 0 Å². The van der Waals surface area contributed by atoms with E-state index in [-0.39, 0.29) is 41.8 Å². The van der Waals surface area contributed by atoms with Crippen LogP contribution >= 0.6 is 0 Å². The van der Waals surface area contributed by atoms with Crippen LogP contribution in [0.25, 0.3) is 0 Å². The molecule has 1 aliphatic heterocycles. The number of esters is 1. The number of allylic oxidation sites excluding steroid dienone is 2. The van der Waals surface area contributed by atoms with E-state index in [1.165, 1.54) is 6.92 Å². The number of aliphatic hydroxyl groups excluding tert-OH is 7. The minimum atomic E-state index is -1.84. The molecule has 51 heavy (non-hydrogen) atoms. The molecule has 0 aromatic rings. The van der Waals surface area contributed by atoms with Crippen LogP contribution in [0.5, 0.6) is 0 Å². The van der Waals surface area contributed by atoms with Gasteiger partial charge in [0.25, 0.3) is 0 Å². The summed E-state index contributed by atoms with van der Waals surface area (Å²) in [5, 5.41) is 87.3. The van der Waals surface area contributed by atoms with Crippen LogP contribution in [0.2, 0.25) is 0 Å². The monoisotopic (exact) mass is 724 g/mol. The first-order chi connectivity index (χ1) is 23.6. The smallest absolute Gasteiger partial charge is 0.335 e. The fourth-order valence-corrected chi connectivity index (χ4v) is 12.7. The molecule has 17 atom stereocenters. The Morgan fingerprint density at radius 1 is 0.882 bits per heavy atom. The number of hydrogen-bond donors (Lipinski definition) is 8. The minimum absolute atomic E-state index is 0.0564. The predicted octanol–water partition coefficient (Wildman–Crippen LogP) is 1.51. The molecule has 290 valence electrons. The normalized spacial score (nSPS) is 53.4. The number of hydrogen-bond acceptors (Lipinski definition) is 12. The second-order valence-electron chi connectivity index (χ2n) is 18.6. The zero-order valence-corrected chi connectivity index (χ0v) is 31.0. The number of fused-ring (bicyclic) bond motifs is 7. The molecule has 1 saturated heterocycles. The van der Waals surface area contributed by atoms with Gasteiger partial charge < -0.3 is 55.1 Å². The number of carboxylic acids is 1. The summed E-state index contributed by atoms with van der Waals surface area (Å²) >= 11 is 0. The fraction of sp³-hybridized carbons (Fsp3) is 0.895. The lowest BCUT2D eigenvalue weighted by Crippen LogP contribution is -2.72. The first-order valence-electron chi connectivity index (χ1n) is 18.6. The quantitative estimate of drug-likeness (QED) is 0.111. The van der Waals surface area contributed by atoms with E-state index in [0.29, 0.717) is 38.5 Å². The van der Waals surface area contributed by atoms with Gasteiger partial charge in [-0.2, -0.15) is 0 Å². The van der Waals surface area contributed by atoms with Gasteiger partial charge in [0.2, 0.25) is 0 Å². The van der Waals surface area contributed by atoms with Crippen molar-refractivity contribution in [3.05, 3.63) is 11.6 Å². The van der Waals surface area contributed by atoms with Gasteiger partial charge in [-0.1, -0.05) is 53.2 Å². The molecule has 0 bridgehead atoms. The van der Waals surface area contributed by atoms with Gasteiger partial charge in [-0.3, -0.25) is 4.79 Å². The van der Waals surface area contributed by atoms with Crippen LogP contribution in [0, 0.1) is 50.2 Å². The maximum atomic E-state index is 12.2. The standard InChI is InChI=1S/C38H60O13/c1-18(40)49-17-38-20(14-33(2,3)29(45)30(38)46)19-8-9-22-34(4)12-11-24(50-32-27(44)25(42)26(43)28(51-32)31(47)48)35(5,16-39)21(34)10-13-36(22,6)37(19,7)15-23(38)41/h8,20-30,32,39,41-46H,9-17H2,1-7H3,(H,47,48)/t20-,21+,22+,23-,24-,25+,26+,27-,28+,29-,30-,32-,34-,35-,36+,37+,38-/m0/s1. The van der Waals surface area contributed by atoms with Crippen molar-refractivity contribution in [2.75, 3.05) is 13.2 Å². The molecule has 0 unspecified atom stereocenters. The van der Waals surface area contributed by atoms with Gasteiger partial charge in [-0.25, -0.2) is 4.79 Å². The summed E-state index contributed by atoms with van der Waals surface area (Å²) in [6.07, 6.45) is -6.38. The summed E-state index contributed by atoms with van der Waals surface area (Å²) in [5.41, 5.74) is -2.75. The highest BCUT2D eigenvalue weighted by Crippen LogP contribution is 2.76. The van der Waals surface area contributed by atoms with E-state index in [4.69, 9.17) is 14.2 Å². The molecule has 4 saturated carbocycles. The maximum absolute atomic E-state index is 12.2. The molecule has 0 amide bonds. The summed E-state index contributed by atoms with van der Waals surface area (Å²) < 4.78 is 17.3. The second kappa shape index (κ2) is 12.7. The first-order valence-corrected chi connectivity index (χ1v) is 18.6. The van der Waals surface area contributed by atoms with Gasteiger partial charge in [-0.15, -0.1) is 0 Å². The summed E-state index contributed by atoms with van der Waals surface area (Å²) in [5.74, 6) is -2.29. The molecule has 13 nitrogen and oxygen atoms in total. The van der Waals surface area contributed by atoms with Gasteiger partial charge in [0.1, 0.15) is 24.9 Å². The number of rotatable bonds is 6. The largest absolute Gasteiger partial charge is 0.479 e. The second-order valence-corrected chi connectivity index (χ2v) is 18.6. The Kier molecular flexibility index (Phi) is 9.71. The van der Waals surface area contributed by atoms with Crippen molar-refractivity contribution in [1.29, 1.82) is 0 Å². The lowest BCUT2D eigenvalue weighted by molar-refractivity contribution is -0.328. The molecular formula is C38H60O13. The lowest BCUT2D eigenvalue weighted by atomic mass is 9.33. The number of aliphatic hydroxyl groups is 7. The molecular weight excluding hydrogens is 664 g/mol. The molecule has 5 aliphatic carbocycles. The molecule has 1 heterocycles. The molecule has 8 N–H and O–H groups in total. The van der Waals surface area contributed by atoms with Gasteiger partial charge in [0, 0.05) is 12.3 Å². The van der Waals surface area contributed by atoms with E-state index in [0.717, 1.165) is 12.0 Å². The summed E-state index contributed by atoms with van der Waals surface area (Å²) in [4.78, 5) is 23.8. The average molecular weight is 725 g/mol. The third-order valence-corrected chi connectivity index (χ3v) is 15.9. The fourth-order valence-electron chi connectivity index (χ4n) is 12.7. The molecule has 6 aliphatic rings. The van der Waals surface area contributed by atoms with Crippen molar-refractivity contribution in [3.8, 4) is 0 Å². The topological polar surface area (TPSA) is 224 Å². The van der Waals surface area contributed by atoms with Crippen molar-refractivity contribution in [3.63, 3.8) is 0 Å². The van der Waals surface area contributed by atoms with Crippen LogP contribution < -0.4 is 0 Å². The molecule has 0 aromatic heterocycles. The number of carbonyl (C=O) groups is 2. The number of carbonyl (C=O) groups excluding carboxylic acids is 1. The number of carboxylic acid groups (broad SMARTS) is 1. The SMILES string of the molecule is CC(=O)OC[C@@]12[C@@H](O)C[C@]3(C)C(=CC[C@@H]4[C@@]5(C)CC[C@H](O[C@H]6O[C@@H](C(=O)O)[C@H](O)[C@@H](O)[C@@H]6O)[C@@](C)(CO)[C@@H]5CC[C@]43C)[C@@H]1CC(C)(C)[C@@H](O)[C@@H]2O. The van der Waals surface area contributed by atoms with Crippen molar-refractivity contribution < 1.29 is 64.7 Å². The molecule has 0 spiro atoms. The van der Waals surface area contributed by atoms with Crippen molar-refractivity contribution in [2.45, 2.75) is 149 Å². The Morgan fingerprint density at radius 2 is 1.55 bits per heavy atom. The highest BCUT2D eigenvalue weighted by molar-refractivity contribution is 5.73. The van der Waals surface area contributed by atoms with E-state index >= 15 is 0 Å². The van der Waals surface area contributed by atoms with Gasteiger partial charge in [0.05, 0.1) is 36.4 Å². The Balaban J connectivity index is 1.34. The van der Waals surface area contributed by atoms with Crippen LogP contribution in [0.4, 0.5) is 0 Å². The van der Waals surface area contributed by atoms with Gasteiger partial charge >= 0.3 is 11.9 Å². The third-order valence-electron chi connectivity index (χ3n) is 15.9. The van der Waals surface area contributed by atoms with Gasteiger partial charge in [0.15, 0.2) is 12.4 Å². The van der Waals surface area contributed by atoms with E-state index in [9.17, 15) is 50.4 Å². The van der Waals surface area contributed by atoms with Crippen LogP contribution in [0.1, 0.15) is 93.4 Å². The Morgan fingerprint density at radius 3 is 2.16 bits per heavy atom. The number of ether oxygens (including phenoxy) is 3. The molecule has 0 aromatic carbocycles. The van der Waals surface area contributed by atoms with Crippen LogP contribution in [-0.2, 0) is 23.8 Å². The Hall–Kier alpha value is -1.68. The zero-order valence-electron chi connectivity index (χ0n) is 31.0.